The van der Waals surface area contributed by atoms with Crippen LogP contribution >= 0.6 is 0 Å². The van der Waals surface area contributed by atoms with Crippen molar-refractivity contribution < 1.29 is 18.1 Å². The maximum absolute atomic E-state index is 12.1. The van der Waals surface area contributed by atoms with Gasteiger partial charge >= 0.3 is 0 Å². The zero-order chi connectivity index (χ0) is 19.2. The Labute approximate surface area is 151 Å². The highest BCUT2D eigenvalue weighted by atomic mass is 32.2. The lowest BCUT2D eigenvalue weighted by molar-refractivity contribution is -0.384. The van der Waals surface area contributed by atoms with Gasteiger partial charge in [-0.1, -0.05) is 24.3 Å². The molecule has 0 bridgehead atoms. The first-order valence-corrected chi connectivity index (χ1v) is 9.84. The first-order valence-electron chi connectivity index (χ1n) is 7.78. The van der Waals surface area contributed by atoms with Gasteiger partial charge in [0.2, 0.25) is 0 Å². The van der Waals surface area contributed by atoms with Gasteiger partial charge in [0.1, 0.15) is 5.69 Å². The minimum absolute atomic E-state index is 0.0275. The van der Waals surface area contributed by atoms with Gasteiger partial charge in [0.15, 0.2) is 9.84 Å². The number of nitrogens with zero attached hydrogens (tertiary/aromatic N) is 1. The largest absolute Gasteiger partial charge is 0.378 e. The minimum Gasteiger partial charge on any atom is -0.378 e. The molecule has 0 spiro atoms. The van der Waals surface area contributed by atoms with E-state index < -0.39 is 14.8 Å². The molecule has 0 fully saturated rings. The fourth-order valence-corrected chi connectivity index (χ4v) is 3.11. The Morgan fingerprint density at radius 2 is 1.73 bits per heavy atom. The molecule has 0 aromatic heterocycles. The number of nitro benzene ring substituents is 1. The number of sulfone groups is 1. The van der Waals surface area contributed by atoms with Crippen LogP contribution in [0.15, 0.2) is 48.5 Å². The number of para-hydroxylation sites is 2. The molecule has 0 saturated carbocycles. The molecule has 0 heterocycles. The van der Waals surface area contributed by atoms with Crippen LogP contribution in [-0.4, -0.2) is 38.6 Å². The van der Waals surface area contributed by atoms with Crippen LogP contribution in [0.4, 0.5) is 11.4 Å². The second-order valence-corrected chi connectivity index (χ2v) is 7.86. The van der Waals surface area contributed by atoms with Crippen LogP contribution in [0, 0.1) is 10.1 Å². The van der Waals surface area contributed by atoms with Gasteiger partial charge in [-0.3, -0.25) is 14.9 Å². The van der Waals surface area contributed by atoms with E-state index in [9.17, 15) is 23.3 Å². The zero-order valence-electron chi connectivity index (χ0n) is 14.1. The Morgan fingerprint density at radius 1 is 1.08 bits per heavy atom. The molecular formula is C17H19N3O5S. The number of amides is 1. The summed E-state index contributed by atoms with van der Waals surface area (Å²) in [6.07, 6.45) is 1.15. The third kappa shape index (κ3) is 5.85. The summed E-state index contributed by atoms with van der Waals surface area (Å²) >= 11 is 0. The first kappa shape index (κ1) is 19.4. The van der Waals surface area contributed by atoms with E-state index in [1.165, 1.54) is 6.07 Å². The molecule has 1 amide bonds. The molecule has 138 valence electrons. The van der Waals surface area contributed by atoms with Crippen LogP contribution in [-0.2, 0) is 15.6 Å². The molecule has 0 aliphatic heterocycles. The third-order valence-corrected chi connectivity index (χ3v) is 4.33. The maximum Gasteiger partial charge on any atom is 0.292 e. The number of carbonyl (C=O) groups is 1. The summed E-state index contributed by atoms with van der Waals surface area (Å²) in [7, 11) is -3.12. The Hall–Kier alpha value is -2.94. The van der Waals surface area contributed by atoms with E-state index in [2.05, 4.69) is 10.6 Å². The minimum atomic E-state index is -3.12. The molecule has 0 radical (unpaired) electrons. The summed E-state index contributed by atoms with van der Waals surface area (Å²) in [6, 6.07) is 12.6. The van der Waals surface area contributed by atoms with E-state index in [1.54, 1.807) is 42.5 Å². The second-order valence-electron chi connectivity index (χ2n) is 5.72. The van der Waals surface area contributed by atoms with Gasteiger partial charge in [-0.25, -0.2) is 8.42 Å². The Balaban J connectivity index is 1.85. The summed E-state index contributed by atoms with van der Waals surface area (Å²) in [5.74, 6) is -0.380. The molecule has 8 nitrogen and oxygen atoms in total. The summed E-state index contributed by atoms with van der Waals surface area (Å²) in [6.45, 7) is 0.596. The predicted octanol–water partition coefficient (Wildman–Crippen LogP) is 1.98. The number of nitro groups is 1. The van der Waals surface area contributed by atoms with Crippen molar-refractivity contribution in [3.8, 4) is 0 Å². The number of hydrogen-bond acceptors (Lipinski definition) is 6. The third-order valence-electron chi connectivity index (χ3n) is 3.47. The lowest BCUT2D eigenvalue weighted by Gasteiger charge is -2.09. The molecule has 2 aromatic rings. The van der Waals surface area contributed by atoms with Crippen molar-refractivity contribution in [1.82, 2.24) is 5.32 Å². The van der Waals surface area contributed by atoms with E-state index in [0.29, 0.717) is 23.4 Å². The molecule has 2 N–H and O–H groups in total. The average Bonchev–Trinajstić information content (AvgIpc) is 2.58. The van der Waals surface area contributed by atoms with Crippen LogP contribution in [0.2, 0.25) is 0 Å². The monoisotopic (exact) mass is 377 g/mol. The Morgan fingerprint density at radius 3 is 2.35 bits per heavy atom. The normalized spacial score (nSPS) is 11.0. The number of benzene rings is 2. The molecule has 2 aromatic carbocycles. The zero-order valence-corrected chi connectivity index (χ0v) is 15.0. The lowest BCUT2D eigenvalue weighted by Crippen LogP contribution is -2.28. The van der Waals surface area contributed by atoms with E-state index in [-0.39, 0.29) is 23.9 Å². The van der Waals surface area contributed by atoms with Crippen molar-refractivity contribution in [3.05, 3.63) is 69.8 Å². The van der Waals surface area contributed by atoms with E-state index in [4.69, 9.17) is 0 Å². The van der Waals surface area contributed by atoms with Crippen molar-refractivity contribution in [2.45, 2.75) is 5.75 Å². The number of rotatable bonds is 8. The quantitative estimate of drug-likeness (QED) is 0.412. The lowest BCUT2D eigenvalue weighted by atomic mass is 10.1. The number of nitrogens with one attached hydrogen (secondary N) is 2. The predicted molar refractivity (Wildman–Crippen MR) is 98.9 cm³/mol. The smallest absolute Gasteiger partial charge is 0.292 e. The first-order chi connectivity index (χ1) is 12.3. The standard InChI is InChI=1S/C17H19N3O5S/c1-26(24,25)12-13-6-8-14(9-7-13)17(21)19-11-10-18-15-4-2-3-5-16(15)20(22)23/h2-9,18H,10-12H2,1H3,(H,19,21). The van der Waals surface area contributed by atoms with Crippen LogP contribution in [0.5, 0.6) is 0 Å². The molecule has 9 heteroatoms. The van der Waals surface area contributed by atoms with Crippen LogP contribution < -0.4 is 10.6 Å². The van der Waals surface area contributed by atoms with Crippen molar-refractivity contribution >= 4 is 27.1 Å². The van der Waals surface area contributed by atoms with Crippen LogP contribution in [0.3, 0.4) is 0 Å². The molecular weight excluding hydrogens is 358 g/mol. The fraction of sp³-hybridized carbons (Fsp3) is 0.235. The highest BCUT2D eigenvalue weighted by Gasteiger charge is 2.12. The van der Waals surface area contributed by atoms with Crippen molar-refractivity contribution in [1.29, 1.82) is 0 Å². The SMILES string of the molecule is CS(=O)(=O)Cc1ccc(C(=O)NCCNc2ccccc2[N+](=O)[O-])cc1. The summed E-state index contributed by atoms with van der Waals surface area (Å²) in [4.78, 5) is 22.5. The molecule has 26 heavy (non-hydrogen) atoms. The fourth-order valence-electron chi connectivity index (χ4n) is 2.31. The van der Waals surface area contributed by atoms with Crippen molar-refractivity contribution in [3.63, 3.8) is 0 Å². The van der Waals surface area contributed by atoms with Crippen molar-refractivity contribution in [2.75, 3.05) is 24.7 Å². The van der Waals surface area contributed by atoms with Gasteiger partial charge in [-0.2, -0.15) is 0 Å². The maximum atomic E-state index is 12.1. The highest BCUT2D eigenvalue weighted by Crippen LogP contribution is 2.22. The average molecular weight is 377 g/mol. The summed E-state index contributed by atoms with van der Waals surface area (Å²) < 4.78 is 22.5. The Kier molecular flexibility index (Phi) is 6.29. The topological polar surface area (TPSA) is 118 Å². The van der Waals surface area contributed by atoms with Gasteiger partial charge in [0.25, 0.3) is 11.6 Å². The van der Waals surface area contributed by atoms with E-state index in [0.717, 1.165) is 6.26 Å². The van der Waals surface area contributed by atoms with Crippen molar-refractivity contribution in [2.24, 2.45) is 0 Å². The Bertz CT molecular complexity index is 895. The van der Waals surface area contributed by atoms with Gasteiger partial charge in [0, 0.05) is 31.0 Å². The van der Waals surface area contributed by atoms with Gasteiger partial charge < -0.3 is 10.6 Å². The van der Waals surface area contributed by atoms with Crippen LogP contribution in [0.25, 0.3) is 0 Å². The number of anilines is 1. The molecule has 0 unspecified atom stereocenters. The van der Waals surface area contributed by atoms with Crippen LogP contribution in [0.1, 0.15) is 15.9 Å². The molecule has 2 rings (SSSR count). The van der Waals surface area contributed by atoms with E-state index in [1.807, 2.05) is 0 Å². The van der Waals surface area contributed by atoms with Gasteiger partial charge in [-0.15, -0.1) is 0 Å². The summed E-state index contributed by atoms with van der Waals surface area (Å²) in [5.41, 5.74) is 1.38. The molecule has 0 atom stereocenters. The number of carbonyl (C=O) groups excluding carboxylic acids is 1. The van der Waals surface area contributed by atoms with E-state index >= 15 is 0 Å². The molecule has 0 aliphatic rings. The second kappa shape index (κ2) is 8.43. The molecule has 0 saturated heterocycles. The van der Waals surface area contributed by atoms with Gasteiger partial charge in [-0.05, 0) is 23.8 Å². The highest BCUT2D eigenvalue weighted by molar-refractivity contribution is 7.89. The summed E-state index contributed by atoms with van der Waals surface area (Å²) in [5, 5.41) is 16.5. The molecule has 0 aliphatic carbocycles. The number of hydrogen-bond donors (Lipinski definition) is 2. The van der Waals surface area contributed by atoms with Gasteiger partial charge in [0.05, 0.1) is 10.7 Å².